The van der Waals surface area contributed by atoms with E-state index >= 15 is 0 Å². The van der Waals surface area contributed by atoms with E-state index in [0.29, 0.717) is 0 Å². The van der Waals surface area contributed by atoms with Crippen LogP contribution >= 0.6 is 0 Å². The summed E-state index contributed by atoms with van der Waals surface area (Å²) >= 11 is 0. The lowest BCUT2D eigenvalue weighted by Crippen LogP contribution is -2.09. The Hall–Kier alpha value is -1.02. The van der Waals surface area contributed by atoms with Crippen molar-refractivity contribution in [2.45, 2.75) is 19.3 Å². The zero-order chi connectivity index (χ0) is 10.4. The van der Waals surface area contributed by atoms with Crippen molar-refractivity contribution in [2.75, 3.05) is 20.7 Å². The Morgan fingerprint density at radius 2 is 2.29 bits per heavy atom. The lowest BCUT2D eigenvalue weighted by Gasteiger charge is -2.15. The molecule has 1 aliphatic rings. The van der Waals surface area contributed by atoms with Crippen molar-refractivity contribution in [3.8, 4) is 0 Å². The quantitative estimate of drug-likeness (QED) is 0.724. The van der Waals surface area contributed by atoms with Gasteiger partial charge in [-0.25, -0.2) is 0 Å². The standard InChI is InChI=1S/C12H19NO/c1-10(8-9-13-2)11-4-6-12(14-3)7-5-11/h4,6,13H,1,5,7-9H2,2-3H3. The molecule has 0 heterocycles. The Morgan fingerprint density at radius 3 is 2.79 bits per heavy atom. The van der Waals surface area contributed by atoms with Gasteiger partial charge in [0.2, 0.25) is 0 Å². The van der Waals surface area contributed by atoms with Crippen molar-refractivity contribution in [3.05, 3.63) is 35.6 Å². The molecule has 1 N–H and O–H groups in total. The molecule has 0 spiro atoms. The molecule has 2 nitrogen and oxygen atoms in total. The zero-order valence-electron chi connectivity index (χ0n) is 9.10. The second-order valence-corrected chi connectivity index (χ2v) is 3.49. The Balaban J connectivity index is 2.50. The molecule has 0 fully saturated rings. The van der Waals surface area contributed by atoms with E-state index in [0.717, 1.165) is 31.6 Å². The van der Waals surface area contributed by atoms with E-state index in [2.05, 4.69) is 18.0 Å². The van der Waals surface area contributed by atoms with Crippen LogP contribution < -0.4 is 5.32 Å². The van der Waals surface area contributed by atoms with E-state index in [4.69, 9.17) is 4.74 Å². The third-order valence-electron chi connectivity index (χ3n) is 2.50. The highest BCUT2D eigenvalue weighted by molar-refractivity contribution is 5.35. The maximum Gasteiger partial charge on any atom is 0.0958 e. The SMILES string of the molecule is C=C(CCNC)C1=CC=C(OC)CC1. The molecule has 0 aromatic heterocycles. The predicted molar refractivity (Wildman–Crippen MR) is 60.1 cm³/mol. The molecule has 1 aliphatic carbocycles. The summed E-state index contributed by atoms with van der Waals surface area (Å²) in [6.45, 7) is 5.09. The lowest BCUT2D eigenvalue weighted by atomic mass is 9.95. The first kappa shape index (κ1) is 11.1. The Morgan fingerprint density at radius 1 is 1.50 bits per heavy atom. The van der Waals surface area contributed by atoms with Crippen LogP contribution in [0, 0.1) is 0 Å². The normalized spacial score (nSPS) is 15.9. The van der Waals surface area contributed by atoms with Gasteiger partial charge in [0.1, 0.15) is 0 Å². The van der Waals surface area contributed by atoms with Crippen LogP contribution in [-0.4, -0.2) is 20.7 Å². The first-order chi connectivity index (χ1) is 6.77. The van der Waals surface area contributed by atoms with Crippen LogP contribution in [0.3, 0.4) is 0 Å². The largest absolute Gasteiger partial charge is 0.501 e. The van der Waals surface area contributed by atoms with Crippen LogP contribution in [0.15, 0.2) is 35.6 Å². The molecular weight excluding hydrogens is 174 g/mol. The number of rotatable bonds is 5. The van der Waals surface area contributed by atoms with Crippen molar-refractivity contribution < 1.29 is 4.74 Å². The predicted octanol–water partition coefficient (Wildman–Crippen LogP) is 2.40. The number of ether oxygens (including phenoxy) is 1. The van der Waals surface area contributed by atoms with Crippen molar-refractivity contribution in [2.24, 2.45) is 0 Å². The van der Waals surface area contributed by atoms with Crippen molar-refractivity contribution in [3.63, 3.8) is 0 Å². The average molecular weight is 193 g/mol. The minimum Gasteiger partial charge on any atom is -0.501 e. The first-order valence-corrected chi connectivity index (χ1v) is 5.04. The van der Waals surface area contributed by atoms with Gasteiger partial charge in [0.05, 0.1) is 12.9 Å². The fourth-order valence-electron chi connectivity index (χ4n) is 1.52. The Labute approximate surface area is 86.3 Å². The third kappa shape index (κ3) is 3.04. The first-order valence-electron chi connectivity index (χ1n) is 5.04. The smallest absolute Gasteiger partial charge is 0.0958 e. The molecule has 0 amide bonds. The van der Waals surface area contributed by atoms with E-state index in [1.807, 2.05) is 13.1 Å². The van der Waals surface area contributed by atoms with Gasteiger partial charge in [-0.3, -0.25) is 0 Å². The van der Waals surface area contributed by atoms with Crippen molar-refractivity contribution in [1.82, 2.24) is 5.32 Å². The third-order valence-corrected chi connectivity index (χ3v) is 2.50. The van der Waals surface area contributed by atoms with Gasteiger partial charge in [0, 0.05) is 6.42 Å². The van der Waals surface area contributed by atoms with E-state index < -0.39 is 0 Å². The minimum atomic E-state index is 0.997. The number of hydrogen-bond donors (Lipinski definition) is 1. The molecule has 2 heteroatoms. The summed E-state index contributed by atoms with van der Waals surface area (Å²) in [6.07, 6.45) is 7.26. The highest BCUT2D eigenvalue weighted by atomic mass is 16.5. The van der Waals surface area contributed by atoms with Gasteiger partial charge in [-0.15, -0.1) is 0 Å². The van der Waals surface area contributed by atoms with Gasteiger partial charge in [0.25, 0.3) is 0 Å². The van der Waals surface area contributed by atoms with Gasteiger partial charge in [-0.1, -0.05) is 18.2 Å². The van der Waals surface area contributed by atoms with Crippen LogP contribution in [0.5, 0.6) is 0 Å². The molecule has 0 bridgehead atoms. The maximum atomic E-state index is 5.17. The van der Waals surface area contributed by atoms with Crippen molar-refractivity contribution >= 4 is 0 Å². The van der Waals surface area contributed by atoms with E-state index in [9.17, 15) is 0 Å². The summed E-state index contributed by atoms with van der Waals surface area (Å²) in [4.78, 5) is 0. The van der Waals surface area contributed by atoms with E-state index in [1.54, 1.807) is 7.11 Å². The van der Waals surface area contributed by atoms with Crippen molar-refractivity contribution in [1.29, 1.82) is 0 Å². The molecule has 78 valence electrons. The Kier molecular flexibility index (Phi) is 4.47. The zero-order valence-corrected chi connectivity index (χ0v) is 9.10. The summed E-state index contributed by atoms with van der Waals surface area (Å²) in [5.74, 6) is 1.06. The van der Waals surface area contributed by atoms with Crippen LogP contribution in [-0.2, 0) is 4.74 Å². The molecular formula is C12H19NO. The molecule has 1 rings (SSSR count). The minimum absolute atomic E-state index is 0.997. The fourth-order valence-corrected chi connectivity index (χ4v) is 1.52. The monoisotopic (exact) mass is 193 g/mol. The molecule has 14 heavy (non-hydrogen) atoms. The number of methoxy groups -OCH3 is 1. The van der Waals surface area contributed by atoms with Gasteiger partial charge < -0.3 is 10.1 Å². The molecule has 0 saturated carbocycles. The fraction of sp³-hybridized carbons (Fsp3) is 0.500. The topological polar surface area (TPSA) is 21.3 Å². The number of nitrogens with one attached hydrogen (secondary N) is 1. The molecule has 0 atom stereocenters. The van der Waals surface area contributed by atoms with Crippen LogP contribution in [0.4, 0.5) is 0 Å². The van der Waals surface area contributed by atoms with Crippen LogP contribution in [0.1, 0.15) is 19.3 Å². The second kappa shape index (κ2) is 5.66. The van der Waals surface area contributed by atoms with Crippen LogP contribution in [0.2, 0.25) is 0 Å². The summed E-state index contributed by atoms with van der Waals surface area (Å²) < 4.78 is 5.17. The Bertz CT molecular complexity index is 263. The maximum absolute atomic E-state index is 5.17. The summed E-state index contributed by atoms with van der Waals surface area (Å²) in [7, 11) is 3.69. The van der Waals surface area contributed by atoms with E-state index in [-0.39, 0.29) is 0 Å². The highest BCUT2D eigenvalue weighted by Gasteiger charge is 2.08. The second-order valence-electron chi connectivity index (χ2n) is 3.49. The lowest BCUT2D eigenvalue weighted by molar-refractivity contribution is 0.276. The number of allylic oxidation sites excluding steroid dienone is 4. The van der Waals surface area contributed by atoms with E-state index in [1.165, 1.54) is 11.1 Å². The van der Waals surface area contributed by atoms with Gasteiger partial charge in [0.15, 0.2) is 0 Å². The highest BCUT2D eigenvalue weighted by Crippen LogP contribution is 2.24. The summed E-state index contributed by atoms with van der Waals surface area (Å²) in [6, 6.07) is 0. The number of hydrogen-bond acceptors (Lipinski definition) is 2. The van der Waals surface area contributed by atoms with Gasteiger partial charge in [-0.2, -0.15) is 0 Å². The molecule has 0 saturated heterocycles. The summed E-state index contributed by atoms with van der Waals surface area (Å²) in [5.41, 5.74) is 2.60. The summed E-state index contributed by atoms with van der Waals surface area (Å²) in [5, 5.41) is 3.13. The molecule has 0 radical (unpaired) electrons. The molecule has 0 unspecified atom stereocenters. The van der Waals surface area contributed by atoms with Gasteiger partial charge >= 0.3 is 0 Å². The molecule has 0 aromatic carbocycles. The average Bonchev–Trinajstić information content (AvgIpc) is 2.26. The molecule has 0 aliphatic heterocycles. The van der Waals surface area contributed by atoms with Gasteiger partial charge in [-0.05, 0) is 38.1 Å². The molecule has 0 aromatic rings. The van der Waals surface area contributed by atoms with Crippen LogP contribution in [0.25, 0.3) is 0 Å².